The third kappa shape index (κ3) is 10.2. The topological polar surface area (TPSA) is 64.1 Å². The fourth-order valence-corrected chi connectivity index (χ4v) is 2.86. The van der Waals surface area contributed by atoms with Gasteiger partial charge in [-0.05, 0) is 43.4 Å². The molecular weight excluding hydrogens is 457 g/mol. The van der Waals surface area contributed by atoms with Crippen molar-refractivity contribution >= 4 is 29.9 Å². The maximum atomic E-state index is 5.71. The van der Waals surface area contributed by atoms with Crippen molar-refractivity contribution in [2.75, 3.05) is 53.7 Å². The lowest BCUT2D eigenvalue weighted by atomic mass is 10.1. The summed E-state index contributed by atoms with van der Waals surface area (Å²) >= 11 is 0. The van der Waals surface area contributed by atoms with Crippen LogP contribution in [0.25, 0.3) is 0 Å². The van der Waals surface area contributed by atoms with Crippen LogP contribution in [-0.4, -0.2) is 59.6 Å². The van der Waals surface area contributed by atoms with Crippen LogP contribution < -0.4 is 15.4 Å². The van der Waals surface area contributed by atoms with E-state index in [-0.39, 0.29) is 24.0 Å². The Morgan fingerprint density at radius 3 is 2.56 bits per heavy atom. The summed E-state index contributed by atoms with van der Waals surface area (Å²) in [5, 5.41) is 6.68. The predicted octanol–water partition coefficient (Wildman–Crippen LogP) is 2.85. The van der Waals surface area contributed by atoms with Crippen LogP contribution in [0.3, 0.4) is 0 Å². The Balaban J connectivity index is 0.00000364. The van der Waals surface area contributed by atoms with Gasteiger partial charge in [0.05, 0.1) is 20.3 Å². The Bertz CT molecular complexity index is 520. The smallest absolute Gasteiger partial charge is 0.190 e. The molecule has 1 aromatic carbocycles. The third-order valence-corrected chi connectivity index (χ3v) is 4.45. The summed E-state index contributed by atoms with van der Waals surface area (Å²) in [5.41, 5.74) is 1.32. The molecule has 0 aliphatic carbocycles. The standard InChI is InChI=1S/C20H33N3O3.HI/c1-21-20(23-12-4-13-25-15-18-10-14-26-16-18)22-11-3-5-17-6-8-19(24-2)9-7-17;/h6-9,18H,3-5,10-16H2,1-2H3,(H2,21,22,23);1H. The van der Waals surface area contributed by atoms with Gasteiger partial charge in [-0.1, -0.05) is 12.1 Å². The van der Waals surface area contributed by atoms with E-state index in [0.29, 0.717) is 5.92 Å². The summed E-state index contributed by atoms with van der Waals surface area (Å²) < 4.78 is 16.2. The summed E-state index contributed by atoms with van der Waals surface area (Å²) in [7, 11) is 3.49. The molecule has 1 saturated heterocycles. The van der Waals surface area contributed by atoms with E-state index < -0.39 is 0 Å². The molecule has 27 heavy (non-hydrogen) atoms. The average molecular weight is 491 g/mol. The number of nitrogens with one attached hydrogen (secondary N) is 2. The molecule has 1 heterocycles. The van der Waals surface area contributed by atoms with Crippen molar-refractivity contribution in [2.24, 2.45) is 10.9 Å². The summed E-state index contributed by atoms with van der Waals surface area (Å²) in [4.78, 5) is 4.26. The zero-order valence-corrected chi connectivity index (χ0v) is 18.9. The van der Waals surface area contributed by atoms with Crippen molar-refractivity contribution in [1.82, 2.24) is 10.6 Å². The minimum Gasteiger partial charge on any atom is -0.497 e. The van der Waals surface area contributed by atoms with Crippen molar-refractivity contribution in [3.05, 3.63) is 29.8 Å². The third-order valence-electron chi connectivity index (χ3n) is 4.45. The number of hydrogen-bond donors (Lipinski definition) is 2. The quantitative estimate of drug-likeness (QED) is 0.216. The van der Waals surface area contributed by atoms with Crippen LogP contribution in [0.2, 0.25) is 0 Å². The molecule has 1 aromatic rings. The van der Waals surface area contributed by atoms with Gasteiger partial charge in [-0.25, -0.2) is 0 Å². The number of nitrogens with zero attached hydrogens (tertiary/aromatic N) is 1. The van der Waals surface area contributed by atoms with Gasteiger partial charge in [0.15, 0.2) is 5.96 Å². The van der Waals surface area contributed by atoms with Crippen LogP contribution in [0.4, 0.5) is 0 Å². The number of guanidine groups is 1. The van der Waals surface area contributed by atoms with Crippen LogP contribution in [0.1, 0.15) is 24.8 Å². The normalized spacial score (nSPS) is 16.7. The minimum absolute atomic E-state index is 0. The fraction of sp³-hybridized carbons (Fsp3) is 0.650. The molecule has 0 saturated carbocycles. The van der Waals surface area contributed by atoms with E-state index >= 15 is 0 Å². The van der Waals surface area contributed by atoms with Crippen molar-refractivity contribution in [1.29, 1.82) is 0 Å². The lowest BCUT2D eigenvalue weighted by molar-refractivity contribution is 0.0888. The first-order valence-electron chi connectivity index (χ1n) is 9.54. The Kier molecular flexibility index (Phi) is 13.3. The van der Waals surface area contributed by atoms with Crippen LogP contribution >= 0.6 is 24.0 Å². The predicted molar refractivity (Wildman–Crippen MR) is 120 cm³/mol. The first-order valence-corrected chi connectivity index (χ1v) is 9.54. The van der Waals surface area contributed by atoms with Gasteiger partial charge >= 0.3 is 0 Å². The van der Waals surface area contributed by atoms with Gasteiger partial charge in [-0.2, -0.15) is 0 Å². The number of hydrogen-bond acceptors (Lipinski definition) is 4. The highest BCUT2D eigenvalue weighted by Gasteiger charge is 2.15. The van der Waals surface area contributed by atoms with E-state index in [9.17, 15) is 0 Å². The minimum atomic E-state index is 0. The van der Waals surface area contributed by atoms with Gasteiger partial charge in [0.1, 0.15) is 5.75 Å². The van der Waals surface area contributed by atoms with Crippen LogP contribution in [0.5, 0.6) is 5.75 Å². The molecule has 2 N–H and O–H groups in total. The van der Waals surface area contributed by atoms with Gasteiger partial charge in [0.2, 0.25) is 0 Å². The van der Waals surface area contributed by atoms with Gasteiger partial charge in [0, 0.05) is 39.3 Å². The highest BCUT2D eigenvalue weighted by molar-refractivity contribution is 14.0. The van der Waals surface area contributed by atoms with E-state index in [2.05, 4.69) is 27.8 Å². The molecule has 154 valence electrons. The van der Waals surface area contributed by atoms with E-state index in [1.54, 1.807) is 14.2 Å². The summed E-state index contributed by atoms with van der Waals surface area (Å²) in [6, 6.07) is 8.24. The van der Waals surface area contributed by atoms with E-state index in [4.69, 9.17) is 14.2 Å². The molecule has 1 aliphatic rings. The second-order valence-electron chi connectivity index (χ2n) is 6.54. The number of aryl methyl sites for hydroxylation is 1. The molecule has 7 heteroatoms. The number of halogens is 1. The molecule has 2 rings (SSSR count). The fourth-order valence-electron chi connectivity index (χ4n) is 2.86. The van der Waals surface area contributed by atoms with E-state index in [0.717, 1.165) is 76.9 Å². The Morgan fingerprint density at radius 1 is 1.19 bits per heavy atom. The van der Waals surface area contributed by atoms with Crippen molar-refractivity contribution in [2.45, 2.75) is 25.7 Å². The van der Waals surface area contributed by atoms with Gasteiger partial charge in [0.25, 0.3) is 0 Å². The largest absolute Gasteiger partial charge is 0.497 e. The number of ether oxygens (including phenoxy) is 3. The zero-order valence-electron chi connectivity index (χ0n) is 16.5. The van der Waals surface area contributed by atoms with Crippen LogP contribution in [0, 0.1) is 5.92 Å². The summed E-state index contributed by atoms with van der Waals surface area (Å²) in [5.74, 6) is 2.34. The monoisotopic (exact) mass is 491 g/mol. The Labute approximate surface area is 180 Å². The van der Waals surface area contributed by atoms with Gasteiger partial charge < -0.3 is 24.8 Å². The molecule has 1 unspecified atom stereocenters. The van der Waals surface area contributed by atoms with Crippen molar-refractivity contribution in [3.8, 4) is 5.75 Å². The van der Waals surface area contributed by atoms with Crippen LogP contribution in [0.15, 0.2) is 29.3 Å². The van der Waals surface area contributed by atoms with Crippen molar-refractivity contribution in [3.63, 3.8) is 0 Å². The number of aliphatic imine (C=N–C) groups is 1. The molecule has 1 atom stereocenters. The SMILES string of the molecule is CN=C(NCCCOCC1CCOC1)NCCCc1ccc(OC)cc1.I. The number of benzene rings is 1. The second-order valence-corrected chi connectivity index (χ2v) is 6.54. The molecule has 1 fully saturated rings. The highest BCUT2D eigenvalue weighted by atomic mass is 127. The molecule has 6 nitrogen and oxygen atoms in total. The Hall–Kier alpha value is -1.06. The van der Waals surface area contributed by atoms with Crippen molar-refractivity contribution < 1.29 is 14.2 Å². The Morgan fingerprint density at radius 2 is 1.93 bits per heavy atom. The molecular formula is C20H34IN3O3. The van der Waals surface area contributed by atoms with Crippen LogP contribution in [-0.2, 0) is 15.9 Å². The lowest BCUT2D eigenvalue weighted by Crippen LogP contribution is -2.38. The maximum Gasteiger partial charge on any atom is 0.190 e. The highest BCUT2D eigenvalue weighted by Crippen LogP contribution is 2.13. The maximum absolute atomic E-state index is 5.71. The average Bonchev–Trinajstić information content (AvgIpc) is 3.20. The summed E-state index contributed by atoms with van der Waals surface area (Å²) in [6.07, 6.45) is 4.19. The van der Waals surface area contributed by atoms with Gasteiger partial charge in [-0.3, -0.25) is 4.99 Å². The molecule has 0 bridgehead atoms. The molecule has 1 aliphatic heterocycles. The molecule has 0 aromatic heterocycles. The molecule has 0 amide bonds. The summed E-state index contributed by atoms with van der Waals surface area (Å²) in [6.45, 7) is 5.08. The molecule has 0 radical (unpaired) electrons. The first-order chi connectivity index (χ1) is 12.8. The van der Waals surface area contributed by atoms with E-state index in [1.807, 2.05) is 12.1 Å². The number of methoxy groups -OCH3 is 1. The molecule has 0 spiro atoms. The first kappa shape index (κ1) is 24.0. The zero-order chi connectivity index (χ0) is 18.5. The lowest BCUT2D eigenvalue weighted by Gasteiger charge is -2.12. The number of rotatable bonds is 11. The van der Waals surface area contributed by atoms with E-state index in [1.165, 1.54) is 5.56 Å². The van der Waals surface area contributed by atoms with Gasteiger partial charge in [-0.15, -0.1) is 24.0 Å². The second kappa shape index (κ2) is 14.9.